The number of nitrogens with zero attached hydrogens (tertiary/aromatic N) is 2. The topological polar surface area (TPSA) is 29.9 Å². The molecule has 0 aliphatic rings. The van der Waals surface area contributed by atoms with E-state index in [0.717, 1.165) is 33.7 Å². The second-order valence-corrected chi connectivity index (χ2v) is 7.11. The van der Waals surface area contributed by atoms with Gasteiger partial charge in [0.05, 0.1) is 15.7 Å². The van der Waals surface area contributed by atoms with Crippen molar-refractivity contribution in [3.63, 3.8) is 0 Å². The van der Waals surface area contributed by atoms with Gasteiger partial charge in [-0.1, -0.05) is 43.3 Å². The Morgan fingerprint density at radius 3 is 2.67 bits per heavy atom. The van der Waals surface area contributed by atoms with E-state index in [2.05, 4.69) is 42.5 Å². The second kappa shape index (κ2) is 7.34. The fraction of sp³-hybridized carbons (Fsp3) is 0.438. The molecule has 0 aliphatic heterocycles. The molecule has 5 heteroatoms. The molecular formula is C16H22ClN3S. The monoisotopic (exact) mass is 323 g/mol. The largest absolute Gasteiger partial charge is 0.312 e. The highest BCUT2D eigenvalue weighted by Gasteiger charge is 2.08. The van der Waals surface area contributed by atoms with Crippen molar-refractivity contribution in [2.45, 2.75) is 37.2 Å². The molecule has 0 fully saturated rings. The molecule has 0 spiro atoms. The lowest BCUT2D eigenvalue weighted by Crippen LogP contribution is -2.18. The normalized spacial score (nSPS) is 11.3. The molecule has 0 unspecified atom stereocenters. The number of aromatic nitrogens is 2. The molecule has 0 amide bonds. The van der Waals surface area contributed by atoms with Crippen molar-refractivity contribution in [1.82, 2.24) is 15.1 Å². The van der Waals surface area contributed by atoms with Gasteiger partial charge in [0, 0.05) is 18.5 Å². The highest BCUT2D eigenvalue weighted by Crippen LogP contribution is 2.33. The van der Waals surface area contributed by atoms with E-state index in [9.17, 15) is 0 Å². The van der Waals surface area contributed by atoms with Crippen LogP contribution >= 0.6 is 23.4 Å². The molecule has 1 aromatic carbocycles. The van der Waals surface area contributed by atoms with Crippen molar-refractivity contribution in [2.75, 3.05) is 6.54 Å². The smallest absolute Gasteiger partial charge is 0.0987 e. The Balaban J connectivity index is 2.03. The van der Waals surface area contributed by atoms with Crippen LogP contribution in [0, 0.1) is 12.8 Å². The molecule has 1 N–H and O–H groups in total. The van der Waals surface area contributed by atoms with E-state index in [0.29, 0.717) is 5.92 Å². The van der Waals surface area contributed by atoms with Gasteiger partial charge < -0.3 is 5.32 Å². The summed E-state index contributed by atoms with van der Waals surface area (Å²) in [6.45, 7) is 8.27. The minimum Gasteiger partial charge on any atom is -0.312 e. The van der Waals surface area contributed by atoms with Gasteiger partial charge in [-0.15, -0.1) is 0 Å². The van der Waals surface area contributed by atoms with Gasteiger partial charge in [0.1, 0.15) is 0 Å². The quantitative estimate of drug-likeness (QED) is 0.860. The summed E-state index contributed by atoms with van der Waals surface area (Å²) in [7, 11) is 1.95. The summed E-state index contributed by atoms with van der Waals surface area (Å²) in [5, 5.41) is 9.68. The van der Waals surface area contributed by atoms with Gasteiger partial charge in [-0.05, 0) is 43.1 Å². The highest BCUT2D eigenvalue weighted by molar-refractivity contribution is 7.99. The molecule has 3 nitrogen and oxygen atoms in total. The van der Waals surface area contributed by atoms with Gasteiger partial charge in [0.15, 0.2) is 0 Å². The zero-order valence-electron chi connectivity index (χ0n) is 13.0. The Hall–Kier alpha value is -0.970. The predicted octanol–water partition coefficient (Wildman–Crippen LogP) is 4.28. The average molecular weight is 324 g/mol. The van der Waals surface area contributed by atoms with Crippen LogP contribution in [-0.4, -0.2) is 16.3 Å². The summed E-state index contributed by atoms with van der Waals surface area (Å²) in [6, 6.07) is 8.33. The number of benzene rings is 1. The molecule has 1 aromatic heterocycles. The van der Waals surface area contributed by atoms with Crippen LogP contribution in [0.5, 0.6) is 0 Å². The first-order valence-electron chi connectivity index (χ1n) is 7.13. The zero-order valence-corrected chi connectivity index (χ0v) is 14.6. The number of rotatable bonds is 6. The summed E-state index contributed by atoms with van der Waals surface area (Å²) in [4.78, 5) is 1.06. The molecule has 1 heterocycles. The lowest BCUT2D eigenvalue weighted by atomic mass is 10.2. The first-order chi connectivity index (χ1) is 9.95. The van der Waals surface area contributed by atoms with Crippen molar-refractivity contribution in [2.24, 2.45) is 13.0 Å². The maximum Gasteiger partial charge on any atom is 0.0987 e. The van der Waals surface area contributed by atoms with Gasteiger partial charge in [0.25, 0.3) is 0 Å². The number of nitrogens with one attached hydrogen (secondary N) is 1. The third kappa shape index (κ3) is 4.77. The van der Waals surface area contributed by atoms with Crippen LogP contribution in [-0.2, 0) is 13.6 Å². The summed E-state index contributed by atoms with van der Waals surface area (Å²) in [5.74, 6) is 0.656. The maximum atomic E-state index is 6.40. The Labute approximate surface area is 136 Å². The summed E-state index contributed by atoms with van der Waals surface area (Å²) in [6.07, 6.45) is 0. The lowest BCUT2D eigenvalue weighted by Gasteiger charge is -2.09. The van der Waals surface area contributed by atoms with E-state index < -0.39 is 0 Å². The molecule has 0 radical (unpaired) electrons. The number of halogens is 1. The summed E-state index contributed by atoms with van der Waals surface area (Å²) < 4.78 is 1.88. The minimum atomic E-state index is 0.656. The highest BCUT2D eigenvalue weighted by atomic mass is 35.5. The van der Waals surface area contributed by atoms with Crippen LogP contribution in [0.2, 0.25) is 5.02 Å². The second-order valence-electron chi connectivity index (χ2n) is 5.64. The maximum absolute atomic E-state index is 6.40. The van der Waals surface area contributed by atoms with Crippen molar-refractivity contribution >= 4 is 23.4 Å². The summed E-state index contributed by atoms with van der Waals surface area (Å²) in [5.41, 5.74) is 2.23. The van der Waals surface area contributed by atoms with Gasteiger partial charge in [-0.25, -0.2) is 0 Å². The van der Waals surface area contributed by atoms with E-state index in [1.54, 1.807) is 11.8 Å². The van der Waals surface area contributed by atoms with Crippen molar-refractivity contribution in [1.29, 1.82) is 0 Å². The van der Waals surface area contributed by atoms with Gasteiger partial charge in [-0.3, -0.25) is 4.68 Å². The molecule has 2 rings (SSSR count). The number of hydrogen-bond acceptors (Lipinski definition) is 3. The van der Waals surface area contributed by atoms with Gasteiger partial charge >= 0.3 is 0 Å². The lowest BCUT2D eigenvalue weighted by molar-refractivity contribution is 0.552. The van der Waals surface area contributed by atoms with Crippen molar-refractivity contribution in [3.8, 4) is 0 Å². The van der Waals surface area contributed by atoms with Gasteiger partial charge in [0.2, 0.25) is 0 Å². The minimum absolute atomic E-state index is 0.656. The predicted molar refractivity (Wildman–Crippen MR) is 90.1 cm³/mol. The Morgan fingerprint density at radius 2 is 2.10 bits per heavy atom. The number of hydrogen-bond donors (Lipinski definition) is 1. The molecule has 2 aromatic rings. The Bertz CT molecular complexity index is 608. The Kier molecular flexibility index (Phi) is 5.73. The van der Waals surface area contributed by atoms with E-state index in [-0.39, 0.29) is 0 Å². The first kappa shape index (κ1) is 16.4. The first-order valence-corrected chi connectivity index (χ1v) is 8.33. The molecule has 114 valence electrons. The zero-order chi connectivity index (χ0) is 15.4. The van der Waals surface area contributed by atoms with Crippen LogP contribution in [0.3, 0.4) is 0 Å². The third-order valence-corrected chi connectivity index (χ3v) is 4.64. The van der Waals surface area contributed by atoms with Crippen LogP contribution in [0.1, 0.15) is 25.1 Å². The standard InChI is InChI=1S/C16H22ClN3S/c1-11(2)9-18-10-13-5-6-15(14(17)8-13)21-16-7-12(3)19-20(16)4/h5-8,11,18H,9-10H2,1-4H3. The van der Waals surface area contributed by atoms with Gasteiger partial charge in [-0.2, -0.15) is 5.10 Å². The molecule has 21 heavy (non-hydrogen) atoms. The molecule has 0 saturated carbocycles. The van der Waals surface area contributed by atoms with Crippen LogP contribution in [0.15, 0.2) is 34.2 Å². The van der Waals surface area contributed by atoms with E-state index in [1.165, 1.54) is 5.56 Å². The molecule has 0 atom stereocenters. The van der Waals surface area contributed by atoms with Crippen molar-refractivity contribution < 1.29 is 0 Å². The Morgan fingerprint density at radius 1 is 1.33 bits per heavy atom. The fourth-order valence-corrected chi connectivity index (χ4v) is 3.28. The van der Waals surface area contributed by atoms with Crippen LogP contribution in [0.25, 0.3) is 0 Å². The fourth-order valence-electron chi connectivity index (χ4n) is 2.04. The van der Waals surface area contributed by atoms with Crippen molar-refractivity contribution in [3.05, 3.63) is 40.5 Å². The molecule has 0 aliphatic carbocycles. The average Bonchev–Trinajstić information content (AvgIpc) is 2.70. The molecule has 0 bridgehead atoms. The van der Waals surface area contributed by atoms with E-state index in [4.69, 9.17) is 11.6 Å². The number of aryl methyl sites for hydroxylation is 2. The summed E-state index contributed by atoms with van der Waals surface area (Å²) >= 11 is 8.05. The third-order valence-electron chi connectivity index (χ3n) is 3.05. The van der Waals surface area contributed by atoms with Crippen LogP contribution < -0.4 is 5.32 Å². The van der Waals surface area contributed by atoms with E-state index in [1.807, 2.05) is 24.7 Å². The molecular weight excluding hydrogens is 302 g/mol. The molecule has 0 saturated heterocycles. The van der Waals surface area contributed by atoms with Crippen LogP contribution in [0.4, 0.5) is 0 Å². The van der Waals surface area contributed by atoms with E-state index >= 15 is 0 Å². The SMILES string of the molecule is Cc1cc(Sc2ccc(CNCC(C)C)cc2Cl)n(C)n1.